The highest BCUT2D eigenvalue weighted by Gasteiger charge is 2.26. The fourth-order valence-electron chi connectivity index (χ4n) is 4.61. The first-order valence-electron chi connectivity index (χ1n) is 11.1. The molecule has 0 bridgehead atoms. The van der Waals surface area contributed by atoms with Gasteiger partial charge in [0.05, 0.1) is 11.2 Å². The minimum absolute atomic E-state index is 0.0663. The van der Waals surface area contributed by atoms with Crippen molar-refractivity contribution in [1.29, 1.82) is 0 Å². The molecule has 0 atom stereocenters. The summed E-state index contributed by atoms with van der Waals surface area (Å²) in [6, 6.07) is 28.2. The smallest absolute Gasteiger partial charge is 0.278 e. The molecule has 0 amide bonds. The van der Waals surface area contributed by atoms with Gasteiger partial charge in [0.25, 0.3) is 5.91 Å². The Bertz CT molecular complexity index is 1160. The Labute approximate surface area is 183 Å². The van der Waals surface area contributed by atoms with Gasteiger partial charge >= 0.3 is 0 Å². The van der Waals surface area contributed by atoms with Crippen LogP contribution >= 0.6 is 0 Å². The van der Waals surface area contributed by atoms with Crippen LogP contribution in [-0.4, -0.2) is 40.2 Å². The average Bonchev–Trinajstić information content (AvgIpc) is 3.23. The van der Waals surface area contributed by atoms with Crippen LogP contribution in [-0.2, 0) is 6.42 Å². The Balaban J connectivity index is 1.32. The van der Waals surface area contributed by atoms with E-state index in [1.165, 1.54) is 5.56 Å². The summed E-state index contributed by atoms with van der Waals surface area (Å²) in [6.07, 6.45) is 3.25. The summed E-state index contributed by atoms with van der Waals surface area (Å²) in [5, 5.41) is 5.96. The lowest BCUT2D eigenvalue weighted by Gasteiger charge is -2.31. The maximum absolute atomic E-state index is 13.1. The highest BCUT2D eigenvalue weighted by molar-refractivity contribution is 6.01. The molecule has 4 aromatic rings. The zero-order valence-corrected chi connectivity index (χ0v) is 17.7. The second kappa shape index (κ2) is 8.86. The lowest BCUT2D eigenvalue weighted by atomic mass is 9.91. The number of carbonyl (C=O) groups excluding carboxylic acids is 1. The Morgan fingerprint density at radius 2 is 1.48 bits per heavy atom. The molecule has 1 aliphatic heterocycles. The number of piperidine rings is 1. The van der Waals surface area contributed by atoms with E-state index < -0.39 is 0 Å². The molecule has 0 spiro atoms. The Kier molecular flexibility index (Phi) is 5.63. The van der Waals surface area contributed by atoms with Crippen molar-refractivity contribution in [2.75, 3.05) is 19.6 Å². The second-order valence-electron chi connectivity index (χ2n) is 8.34. The summed E-state index contributed by atoms with van der Waals surface area (Å²) in [4.78, 5) is 15.7. The van der Waals surface area contributed by atoms with Crippen molar-refractivity contribution in [3.63, 3.8) is 0 Å². The standard InChI is InChI=1S/C27H27N3O/c31-27(23-11-5-2-6-12-23)30-25-14-8-7-13-24(25)26(28-30)22-16-19-29(20-17-22)18-15-21-9-3-1-4-10-21/h1-14,22H,15-20H2. The average molecular weight is 410 g/mol. The largest absolute Gasteiger partial charge is 0.303 e. The van der Waals surface area contributed by atoms with Gasteiger partial charge in [0.2, 0.25) is 0 Å². The molecule has 4 heteroatoms. The van der Waals surface area contributed by atoms with Crippen molar-refractivity contribution >= 4 is 16.8 Å². The first-order valence-corrected chi connectivity index (χ1v) is 11.1. The van der Waals surface area contributed by atoms with Crippen molar-refractivity contribution in [3.8, 4) is 0 Å². The summed E-state index contributed by atoms with van der Waals surface area (Å²) in [6.45, 7) is 3.25. The van der Waals surface area contributed by atoms with Crippen LogP contribution in [0, 0.1) is 0 Å². The molecule has 0 N–H and O–H groups in total. The number of hydrogen-bond acceptors (Lipinski definition) is 3. The van der Waals surface area contributed by atoms with Crippen LogP contribution in [0.25, 0.3) is 10.9 Å². The molecule has 1 fully saturated rings. The number of rotatable bonds is 5. The van der Waals surface area contributed by atoms with Gasteiger partial charge in [0.15, 0.2) is 0 Å². The molecule has 4 nitrogen and oxygen atoms in total. The molecule has 0 unspecified atom stereocenters. The van der Waals surface area contributed by atoms with E-state index in [1.807, 2.05) is 48.5 Å². The van der Waals surface area contributed by atoms with Crippen LogP contribution in [0.3, 0.4) is 0 Å². The van der Waals surface area contributed by atoms with Crippen LogP contribution in [0.15, 0.2) is 84.9 Å². The second-order valence-corrected chi connectivity index (χ2v) is 8.34. The number of nitrogens with zero attached hydrogens (tertiary/aromatic N) is 3. The summed E-state index contributed by atoms with van der Waals surface area (Å²) in [5.74, 6) is 0.325. The number of likely N-dealkylation sites (tertiary alicyclic amines) is 1. The fourth-order valence-corrected chi connectivity index (χ4v) is 4.61. The van der Waals surface area contributed by atoms with Crippen LogP contribution in [0.1, 0.15) is 40.4 Å². The normalized spacial score (nSPS) is 15.4. The molecule has 5 rings (SSSR count). The van der Waals surface area contributed by atoms with E-state index in [9.17, 15) is 4.79 Å². The van der Waals surface area contributed by atoms with E-state index in [1.54, 1.807) is 4.68 Å². The summed E-state index contributed by atoms with van der Waals surface area (Å²) < 4.78 is 1.60. The molecule has 0 aliphatic carbocycles. The third kappa shape index (κ3) is 4.17. The van der Waals surface area contributed by atoms with Crippen molar-refractivity contribution in [2.45, 2.75) is 25.2 Å². The molecule has 2 heterocycles. The van der Waals surface area contributed by atoms with E-state index in [-0.39, 0.29) is 5.91 Å². The predicted octanol–water partition coefficient (Wildman–Crippen LogP) is 5.15. The van der Waals surface area contributed by atoms with E-state index >= 15 is 0 Å². The number of hydrogen-bond donors (Lipinski definition) is 0. The number of fused-ring (bicyclic) bond motifs is 1. The number of aromatic nitrogens is 2. The molecule has 1 aromatic heterocycles. The van der Waals surface area contributed by atoms with Crippen LogP contribution in [0.2, 0.25) is 0 Å². The SMILES string of the molecule is O=C(c1ccccc1)n1nc(C2CCN(CCc3ccccc3)CC2)c2ccccc21. The lowest BCUT2D eigenvalue weighted by Crippen LogP contribution is -2.34. The fraction of sp³-hybridized carbons (Fsp3) is 0.259. The van der Waals surface area contributed by atoms with Crippen molar-refractivity contribution in [2.24, 2.45) is 0 Å². The summed E-state index contributed by atoms with van der Waals surface area (Å²) in [7, 11) is 0. The zero-order valence-electron chi connectivity index (χ0n) is 17.7. The molecule has 1 saturated heterocycles. The van der Waals surface area contributed by atoms with Gasteiger partial charge in [-0.3, -0.25) is 4.79 Å². The maximum Gasteiger partial charge on any atom is 0.278 e. The highest BCUT2D eigenvalue weighted by atomic mass is 16.2. The molecule has 156 valence electrons. The quantitative estimate of drug-likeness (QED) is 0.458. The van der Waals surface area contributed by atoms with Gasteiger partial charge in [0, 0.05) is 23.4 Å². The molecule has 31 heavy (non-hydrogen) atoms. The molecule has 3 aromatic carbocycles. The Morgan fingerprint density at radius 1 is 0.839 bits per heavy atom. The topological polar surface area (TPSA) is 38.1 Å². The van der Waals surface area contributed by atoms with E-state index in [2.05, 4.69) is 41.3 Å². The van der Waals surface area contributed by atoms with Crippen molar-refractivity contribution in [1.82, 2.24) is 14.7 Å². The molecular formula is C27H27N3O. The molecular weight excluding hydrogens is 382 g/mol. The third-order valence-electron chi connectivity index (χ3n) is 6.36. The summed E-state index contributed by atoms with van der Waals surface area (Å²) >= 11 is 0. The Morgan fingerprint density at radius 3 is 2.23 bits per heavy atom. The first-order chi connectivity index (χ1) is 15.3. The third-order valence-corrected chi connectivity index (χ3v) is 6.36. The minimum Gasteiger partial charge on any atom is -0.303 e. The molecule has 0 saturated carbocycles. The Hall–Kier alpha value is -3.24. The van der Waals surface area contributed by atoms with Gasteiger partial charge in [0.1, 0.15) is 0 Å². The van der Waals surface area contributed by atoms with Gasteiger partial charge in [-0.2, -0.15) is 9.78 Å². The van der Waals surface area contributed by atoms with Gasteiger partial charge < -0.3 is 4.90 Å². The van der Waals surface area contributed by atoms with Gasteiger partial charge in [-0.05, 0) is 56.1 Å². The van der Waals surface area contributed by atoms with Crippen LogP contribution in [0.4, 0.5) is 0 Å². The van der Waals surface area contributed by atoms with Crippen molar-refractivity contribution < 1.29 is 4.79 Å². The van der Waals surface area contributed by atoms with Gasteiger partial charge in [-0.1, -0.05) is 66.7 Å². The zero-order chi connectivity index (χ0) is 21.0. The summed E-state index contributed by atoms with van der Waals surface area (Å²) in [5.41, 5.74) is 4.03. The van der Waals surface area contributed by atoms with E-state index in [0.717, 1.165) is 55.5 Å². The number of benzene rings is 3. The van der Waals surface area contributed by atoms with Crippen LogP contribution in [0.5, 0.6) is 0 Å². The van der Waals surface area contributed by atoms with Gasteiger partial charge in [-0.15, -0.1) is 0 Å². The minimum atomic E-state index is -0.0663. The van der Waals surface area contributed by atoms with Gasteiger partial charge in [-0.25, -0.2) is 0 Å². The van der Waals surface area contributed by atoms with E-state index in [0.29, 0.717) is 11.5 Å². The lowest BCUT2D eigenvalue weighted by molar-refractivity contribution is 0.0949. The number of carbonyl (C=O) groups is 1. The van der Waals surface area contributed by atoms with Crippen molar-refractivity contribution in [3.05, 3.63) is 102 Å². The predicted molar refractivity (Wildman–Crippen MR) is 124 cm³/mol. The molecule has 0 radical (unpaired) electrons. The molecule has 1 aliphatic rings. The first kappa shape index (κ1) is 19.7. The number of para-hydroxylation sites is 1. The maximum atomic E-state index is 13.1. The van der Waals surface area contributed by atoms with Crippen LogP contribution < -0.4 is 0 Å². The highest BCUT2D eigenvalue weighted by Crippen LogP contribution is 2.32. The monoisotopic (exact) mass is 409 g/mol. The van der Waals surface area contributed by atoms with E-state index in [4.69, 9.17) is 5.10 Å².